The Kier molecular flexibility index (Phi) is 3.10. The van der Waals surface area contributed by atoms with Gasteiger partial charge in [-0.1, -0.05) is 29.8 Å². The predicted molar refractivity (Wildman–Crippen MR) is 61.1 cm³/mol. The SMILES string of the molecule is Cc1cccc(C2CNC(=O)N2CCO)c1. The number of carbonyl (C=O) groups excluding carboxylic acids is 1. The first-order chi connectivity index (χ1) is 7.72. The lowest BCUT2D eigenvalue weighted by Crippen LogP contribution is -2.32. The number of aliphatic hydroxyl groups excluding tert-OH is 1. The van der Waals surface area contributed by atoms with Gasteiger partial charge >= 0.3 is 6.03 Å². The number of rotatable bonds is 3. The van der Waals surface area contributed by atoms with Crippen molar-refractivity contribution in [1.29, 1.82) is 0 Å². The lowest BCUT2D eigenvalue weighted by atomic mass is 10.0. The van der Waals surface area contributed by atoms with Crippen molar-refractivity contribution >= 4 is 6.03 Å². The van der Waals surface area contributed by atoms with Crippen molar-refractivity contribution in [2.45, 2.75) is 13.0 Å². The molecule has 4 nitrogen and oxygen atoms in total. The van der Waals surface area contributed by atoms with Gasteiger partial charge in [-0.2, -0.15) is 0 Å². The van der Waals surface area contributed by atoms with Gasteiger partial charge in [0.1, 0.15) is 0 Å². The smallest absolute Gasteiger partial charge is 0.318 e. The lowest BCUT2D eigenvalue weighted by Gasteiger charge is -2.22. The topological polar surface area (TPSA) is 52.6 Å². The second kappa shape index (κ2) is 4.53. The number of benzene rings is 1. The highest BCUT2D eigenvalue weighted by molar-refractivity contribution is 5.77. The Morgan fingerprint density at radius 3 is 3.06 bits per heavy atom. The maximum Gasteiger partial charge on any atom is 0.318 e. The molecule has 1 saturated heterocycles. The first kappa shape index (κ1) is 11.0. The maximum atomic E-state index is 11.5. The molecule has 0 bridgehead atoms. The van der Waals surface area contributed by atoms with Crippen molar-refractivity contribution in [3.8, 4) is 0 Å². The normalized spacial score (nSPS) is 20.0. The van der Waals surface area contributed by atoms with Gasteiger partial charge in [-0.05, 0) is 12.5 Å². The molecule has 2 N–H and O–H groups in total. The van der Waals surface area contributed by atoms with Gasteiger partial charge in [0, 0.05) is 13.1 Å². The van der Waals surface area contributed by atoms with E-state index in [1.807, 2.05) is 25.1 Å². The number of aryl methyl sites for hydroxylation is 1. The summed E-state index contributed by atoms with van der Waals surface area (Å²) in [5.41, 5.74) is 2.30. The van der Waals surface area contributed by atoms with Crippen LogP contribution in [0.5, 0.6) is 0 Å². The van der Waals surface area contributed by atoms with E-state index in [9.17, 15) is 4.79 Å². The van der Waals surface area contributed by atoms with Crippen molar-refractivity contribution in [2.24, 2.45) is 0 Å². The summed E-state index contributed by atoms with van der Waals surface area (Å²) in [7, 11) is 0. The largest absolute Gasteiger partial charge is 0.395 e. The molecule has 1 aromatic rings. The zero-order valence-electron chi connectivity index (χ0n) is 9.31. The molecule has 1 aliphatic rings. The van der Waals surface area contributed by atoms with E-state index in [1.165, 1.54) is 5.56 Å². The number of aliphatic hydroxyl groups is 1. The van der Waals surface area contributed by atoms with E-state index in [1.54, 1.807) is 4.90 Å². The third-order valence-electron chi connectivity index (χ3n) is 2.85. The molecule has 2 amide bonds. The molecule has 1 aromatic carbocycles. The summed E-state index contributed by atoms with van der Waals surface area (Å²) in [6.07, 6.45) is 0. The fourth-order valence-electron chi connectivity index (χ4n) is 2.08. The summed E-state index contributed by atoms with van der Waals surface area (Å²) >= 11 is 0. The van der Waals surface area contributed by atoms with Gasteiger partial charge in [-0.25, -0.2) is 4.79 Å². The molecule has 1 heterocycles. The summed E-state index contributed by atoms with van der Waals surface area (Å²) in [4.78, 5) is 13.2. The molecule has 4 heteroatoms. The highest BCUT2D eigenvalue weighted by Gasteiger charge is 2.30. The van der Waals surface area contributed by atoms with Crippen molar-refractivity contribution in [2.75, 3.05) is 19.7 Å². The van der Waals surface area contributed by atoms with Crippen molar-refractivity contribution < 1.29 is 9.90 Å². The third kappa shape index (κ3) is 2.02. The van der Waals surface area contributed by atoms with Gasteiger partial charge in [-0.3, -0.25) is 0 Å². The van der Waals surface area contributed by atoms with E-state index >= 15 is 0 Å². The van der Waals surface area contributed by atoms with E-state index in [2.05, 4.69) is 11.4 Å². The minimum Gasteiger partial charge on any atom is -0.395 e. The molecular formula is C12H16N2O2. The first-order valence-corrected chi connectivity index (χ1v) is 5.44. The second-order valence-corrected chi connectivity index (χ2v) is 4.03. The van der Waals surface area contributed by atoms with E-state index < -0.39 is 0 Å². The van der Waals surface area contributed by atoms with Gasteiger partial charge in [0.05, 0.1) is 12.6 Å². The molecule has 1 aliphatic heterocycles. The molecule has 0 saturated carbocycles. The Bertz CT molecular complexity index is 392. The first-order valence-electron chi connectivity index (χ1n) is 5.44. The fraction of sp³-hybridized carbons (Fsp3) is 0.417. The minimum absolute atomic E-state index is 0.00423. The Balaban J connectivity index is 2.23. The fourth-order valence-corrected chi connectivity index (χ4v) is 2.08. The molecule has 0 radical (unpaired) electrons. The lowest BCUT2D eigenvalue weighted by molar-refractivity contribution is 0.179. The van der Waals surface area contributed by atoms with E-state index in [-0.39, 0.29) is 18.7 Å². The summed E-state index contributed by atoms with van der Waals surface area (Å²) in [6, 6.07) is 8.06. The van der Waals surface area contributed by atoms with Gasteiger partial charge in [0.15, 0.2) is 0 Å². The van der Waals surface area contributed by atoms with Crippen molar-refractivity contribution in [3.63, 3.8) is 0 Å². The van der Waals surface area contributed by atoms with Crippen LogP contribution in [0, 0.1) is 6.92 Å². The molecule has 2 rings (SSSR count). The average Bonchev–Trinajstić information content (AvgIpc) is 2.61. The summed E-state index contributed by atoms with van der Waals surface area (Å²) in [5, 5.41) is 11.7. The van der Waals surface area contributed by atoms with Crippen molar-refractivity contribution in [3.05, 3.63) is 35.4 Å². The summed E-state index contributed by atoms with van der Waals surface area (Å²) in [6.45, 7) is 3.02. The maximum absolute atomic E-state index is 11.5. The monoisotopic (exact) mass is 220 g/mol. The van der Waals surface area contributed by atoms with Crippen molar-refractivity contribution in [1.82, 2.24) is 10.2 Å². The number of β-amino-alcohol motifs (C(OH)–C–C–N with tert-alkyl or cyclic N) is 1. The van der Waals surface area contributed by atoms with Crippen LogP contribution in [-0.2, 0) is 0 Å². The van der Waals surface area contributed by atoms with E-state index in [0.717, 1.165) is 5.56 Å². The molecule has 1 unspecified atom stereocenters. The van der Waals surface area contributed by atoms with Gasteiger partial charge in [0.2, 0.25) is 0 Å². The molecule has 16 heavy (non-hydrogen) atoms. The van der Waals surface area contributed by atoms with Crippen LogP contribution in [0.15, 0.2) is 24.3 Å². The van der Waals surface area contributed by atoms with Crippen LogP contribution < -0.4 is 5.32 Å². The zero-order valence-corrected chi connectivity index (χ0v) is 9.31. The number of hydrogen-bond acceptors (Lipinski definition) is 2. The third-order valence-corrected chi connectivity index (χ3v) is 2.85. The number of amides is 2. The van der Waals surface area contributed by atoms with E-state index in [4.69, 9.17) is 5.11 Å². The highest BCUT2D eigenvalue weighted by Crippen LogP contribution is 2.24. The molecule has 0 spiro atoms. The molecule has 86 valence electrons. The Hall–Kier alpha value is -1.55. The number of nitrogens with zero attached hydrogens (tertiary/aromatic N) is 1. The van der Waals surface area contributed by atoms with Crippen LogP contribution in [0.3, 0.4) is 0 Å². The number of nitrogens with one attached hydrogen (secondary N) is 1. The number of carbonyl (C=O) groups is 1. The Morgan fingerprint density at radius 1 is 1.56 bits per heavy atom. The van der Waals surface area contributed by atoms with Gasteiger partial charge < -0.3 is 15.3 Å². The van der Waals surface area contributed by atoms with Crippen LogP contribution in [-0.4, -0.2) is 35.7 Å². The van der Waals surface area contributed by atoms with Crippen LogP contribution in [0.25, 0.3) is 0 Å². The summed E-state index contributed by atoms with van der Waals surface area (Å²) in [5.74, 6) is 0. The Morgan fingerprint density at radius 2 is 2.38 bits per heavy atom. The quantitative estimate of drug-likeness (QED) is 0.800. The Labute approximate surface area is 94.9 Å². The molecule has 1 atom stereocenters. The van der Waals surface area contributed by atoms with Crippen LogP contribution in [0.1, 0.15) is 17.2 Å². The van der Waals surface area contributed by atoms with Crippen LogP contribution in [0.4, 0.5) is 4.79 Å². The van der Waals surface area contributed by atoms with Gasteiger partial charge in [-0.15, -0.1) is 0 Å². The van der Waals surface area contributed by atoms with Crippen LogP contribution in [0.2, 0.25) is 0 Å². The summed E-state index contributed by atoms with van der Waals surface area (Å²) < 4.78 is 0. The molecular weight excluding hydrogens is 204 g/mol. The minimum atomic E-state index is -0.0967. The molecule has 0 aliphatic carbocycles. The number of urea groups is 1. The number of hydrogen-bond donors (Lipinski definition) is 2. The van der Waals surface area contributed by atoms with Crippen LogP contribution >= 0.6 is 0 Å². The second-order valence-electron chi connectivity index (χ2n) is 4.03. The zero-order chi connectivity index (χ0) is 11.5. The molecule has 0 aromatic heterocycles. The van der Waals surface area contributed by atoms with E-state index in [0.29, 0.717) is 13.1 Å². The average molecular weight is 220 g/mol. The predicted octanol–water partition coefficient (Wildman–Crippen LogP) is 1.05. The standard InChI is InChI=1S/C12H16N2O2/c1-9-3-2-4-10(7-9)11-8-13-12(16)14(11)5-6-15/h2-4,7,11,15H,5-6,8H2,1H3,(H,13,16). The molecule has 1 fully saturated rings. The van der Waals surface area contributed by atoms with Gasteiger partial charge in [0.25, 0.3) is 0 Å². The highest BCUT2D eigenvalue weighted by atomic mass is 16.3.